The van der Waals surface area contributed by atoms with Crippen molar-refractivity contribution in [2.24, 2.45) is 0 Å². The monoisotopic (exact) mass is 423 g/mol. The Labute approximate surface area is 185 Å². The van der Waals surface area contributed by atoms with Crippen LogP contribution in [0.3, 0.4) is 0 Å². The summed E-state index contributed by atoms with van der Waals surface area (Å²) in [6, 6.07) is 14.7. The van der Waals surface area contributed by atoms with Gasteiger partial charge in [0.2, 0.25) is 0 Å². The lowest BCUT2D eigenvalue weighted by Crippen LogP contribution is -2.44. The van der Waals surface area contributed by atoms with Gasteiger partial charge in [0.05, 0.1) is 13.2 Å². The highest BCUT2D eigenvalue weighted by atomic mass is 16.5. The van der Waals surface area contributed by atoms with Crippen molar-refractivity contribution >= 4 is 5.97 Å². The van der Waals surface area contributed by atoms with Crippen LogP contribution in [0.5, 0.6) is 0 Å². The summed E-state index contributed by atoms with van der Waals surface area (Å²) in [5.74, 6) is -0.977. The molecule has 2 aliphatic rings. The van der Waals surface area contributed by atoms with E-state index in [0.717, 1.165) is 48.2 Å². The van der Waals surface area contributed by atoms with Crippen LogP contribution in [0.15, 0.2) is 42.5 Å². The molecular formula is C26H33NO4. The van der Waals surface area contributed by atoms with Gasteiger partial charge in [0.15, 0.2) is 0 Å². The second kappa shape index (κ2) is 9.94. The minimum atomic E-state index is -0.773. The zero-order valence-corrected chi connectivity index (χ0v) is 18.5. The zero-order chi connectivity index (χ0) is 21.8. The SMILES string of the molecule is COCCN(CCOC)C1CCCCC1c1cccc2c1-c1ccccc1C2C(=O)O. The molecular weight excluding hydrogens is 390 g/mol. The minimum absolute atomic E-state index is 0.373. The van der Waals surface area contributed by atoms with E-state index in [-0.39, 0.29) is 0 Å². The first-order chi connectivity index (χ1) is 15.2. The molecule has 2 aromatic carbocycles. The van der Waals surface area contributed by atoms with Crippen molar-refractivity contribution in [3.05, 3.63) is 59.2 Å². The summed E-state index contributed by atoms with van der Waals surface area (Å²) in [6.07, 6.45) is 4.70. The fourth-order valence-electron chi connectivity index (χ4n) is 5.63. The van der Waals surface area contributed by atoms with E-state index in [4.69, 9.17) is 9.47 Å². The lowest BCUT2D eigenvalue weighted by molar-refractivity contribution is -0.137. The van der Waals surface area contributed by atoms with E-state index in [1.165, 1.54) is 18.4 Å². The van der Waals surface area contributed by atoms with Crippen molar-refractivity contribution in [3.8, 4) is 11.1 Å². The molecule has 0 spiro atoms. The Morgan fingerprint density at radius 3 is 2.29 bits per heavy atom. The molecule has 4 rings (SSSR count). The van der Waals surface area contributed by atoms with E-state index >= 15 is 0 Å². The number of benzene rings is 2. The predicted molar refractivity (Wildman–Crippen MR) is 122 cm³/mol. The minimum Gasteiger partial charge on any atom is -0.481 e. The second-order valence-electron chi connectivity index (χ2n) is 8.65. The molecule has 2 aliphatic carbocycles. The quantitative estimate of drug-likeness (QED) is 0.643. The number of carboxylic acid groups (broad SMARTS) is 1. The fourth-order valence-corrected chi connectivity index (χ4v) is 5.63. The Kier molecular flexibility index (Phi) is 7.06. The molecule has 5 nitrogen and oxygen atoms in total. The van der Waals surface area contributed by atoms with Crippen LogP contribution in [0.2, 0.25) is 0 Å². The molecule has 166 valence electrons. The van der Waals surface area contributed by atoms with Crippen LogP contribution >= 0.6 is 0 Å². The van der Waals surface area contributed by atoms with Crippen LogP contribution in [0.25, 0.3) is 11.1 Å². The van der Waals surface area contributed by atoms with E-state index in [1.807, 2.05) is 24.3 Å². The molecule has 2 aromatic rings. The highest BCUT2D eigenvalue weighted by Gasteiger charge is 2.39. The van der Waals surface area contributed by atoms with Crippen LogP contribution in [0, 0.1) is 0 Å². The summed E-state index contributed by atoms with van der Waals surface area (Å²) in [6.45, 7) is 3.16. The Balaban J connectivity index is 1.76. The Bertz CT molecular complexity index is 904. The van der Waals surface area contributed by atoms with Gasteiger partial charge in [-0.25, -0.2) is 0 Å². The van der Waals surface area contributed by atoms with E-state index in [0.29, 0.717) is 25.2 Å². The third kappa shape index (κ3) is 4.27. The molecule has 1 N–H and O–H groups in total. The van der Waals surface area contributed by atoms with Gasteiger partial charge in [0.25, 0.3) is 0 Å². The van der Waals surface area contributed by atoms with E-state index in [1.54, 1.807) is 14.2 Å². The number of carbonyl (C=O) groups is 1. The number of hydrogen-bond donors (Lipinski definition) is 1. The molecule has 0 radical (unpaired) electrons. The topological polar surface area (TPSA) is 59.0 Å². The second-order valence-corrected chi connectivity index (χ2v) is 8.65. The first-order valence-corrected chi connectivity index (χ1v) is 11.3. The van der Waals surface area contributed by atoms with Crippen molar-refractivity contribution in [2.45, 2.75) is 43.6 Å². The number of methoxy groups -OCH3 is 2. The molecule has 3 unspecified atom stereocenters. The van der Waals surface area contributed by atoms with Gasteiger partial charge in [-0.1, -0.05) is 55.3 Å². The molecule has 1 fully saturated rings. The van der Waals surface area contributed by atoms with Crippen molar-refractivity contribution in [3.63, 3.8) is 0 Å². The molecule has 5 heteroatoms. The highest BCUT2D eigenvalue weighted by Crippen LogP contribution is 2.50. The molecule has 0 heterocycles. The van der Waals surface area contributed by atoms with Gasteiger partial charge in [-0.05, 0) is 40.7 Å². The number of rotatable bonds is 9. The molecule has 0 aromatic heterocycles. The van der Waals surface area contributed by atoms with Gasteiger partial charge in [-0.2, -0.15) is 0 Å². The predicted octanol–water partition coefficient (Wildman–Crippen LogP) is 4.50. The van der Waals surface area contributed by atoms with Gasteiger partial charge in [-0.15, -0.1) is 0 Å². The van der Waals surface area contributed by atoms with Crippen molar-refractivity contribution in [1.82, 2.24) is 4.90 Å². The lowest BCUT2D eigenvalue weighted by atomic mass is 9.76. The van der Waals surface area contributed by atoms with Crippen LogP contribution in [-0.4, -0.2) is 62.5 Å². The van der Waals surface area contributed by atoms with E-state index in [9.17, 15) is 9.90 Å². The normalized spacial score (nSPS) is 22.4. The largest absolute Gasteiger partial charge is 0.481 e. The molecule has 3 atom stereocenters. The van der Waals surface area contributed by atoms with Gasteiger partial charge < -0.3 is 14.6 Å². The Hall–Kier alpha value is -2.21. The Morgan fingerprint density at radius 2 is 1.58 bits per heavy atom. The third-order valence-electron chi connectivity index (χ3n) is 6.99. The maximum atomic E-state index is 12.2. The van der Waals surface area contributed by atoms with Crippen molar-refractivity contribution in [1.29, 1.82) is 0 Å². The molecule has 0 aliphatic heterocycles. The summed E-state index contributed by atoms with van der Waals surface area (Å²) in [5, 5.41) is 10.0. The number of nitrogens with zero attached hydrogens (tertiary/aromatic N) is 1. The number of ether oxygens (including phenoxy) is 2. The third-order valence-corrected chi connectivity index (χ3v) is 6.99. The molecule has 0 bridgehead atoms. The number of carboxylic acids is 1. The smallest absolute Gasteiger partial charge is 0.315 e. The first-order valence-electron chi connectivity index (χ1n) is 11.3. The van der Waals surface area contributed by atoms with E-state index < -0.39 is 11.9 Å². The van der Waals surface area contributed by atoms with Gasteiger partial charge in [0.1, 0.15) is 5.92 Å². The summed E-state index contributed by atoms with van der Waals surface area (Å²) in [7, 11) is 3.50. The van der Waals surface area contributed by atoms with E-state index in [2.05, 4.69) is 23.1 Å². The van der Waals surface area contributed by atoms with Crippen LogP contribution in [-0.2, 0) is 14.3 Å². The number of aliphatic carboxylic acids is 1. The standard InChI is InChI=1S/C26H33NO4/c1-30-16-14-27(15-17-31-2)23-13-6-5-8-18(23)19-11-7-12-22-24(19)20-9-3-4-10-21(20)25(22)26(28)29/h3-4,7,9-12,18,23,25H,5-6,8,13-17H2,1-2H3,(H,28,29). The summed E-state index contributed by atoms with van der Waals surface area (Å²) in [5.41, 5.74) is 5.40. The first kappa shape index (κ1) is 22.0. The van der Waals surface area contributed by atoms with Crippen LogP contribution < -0.4 is 0 Å². The lowest BCUT2D eigenvalue weighted by Gasteiger charge is -2.41. The number of hydrogen-bond acceptors (Lipinski definition) is 4. The summed E-state index contributed by atoms with van der Waals surface area (Å²) >= 11 is 0. The van der Waals surface area contributed by atoms with Crippen molar-refractivity contribution < 1.29 is 19.4 Å². The number of fused-ring (bicyclic) bond motifs is 3. The van der Waals surface area contributed by atoms with Gasteiger partial charge in [0, 0.05) is 39.3 Å². The average Bonchev–Trinajstić information content (AvgIpc) is 3.14. The molecule has 0 saturated heterocycles. The zero-order valence-electron chi connectivity index (χ0n) is 18.5. The maximum absolute atomic E-state index is 12.2. The Morgan fingerprint density at radius 1 is 0.935 bits per heavy atom. The van der Waals surface area contributed by atoms with Crippen LogP contribution in [0.1, 0.15) is 54.2 Å². The van der Waals surface area contributed by atoms with Gasteiger partial charge in [-0.3, -0.25) is 9.69 Å². The molecule has 1 saturated carbocycles. The molecule has 31 heavy (non-hydrogen) atoms. The van der Waals surface area contributed by atoms with Gasteiger partial charge >= 0.3 is 5.97 Å². The van der Waals surface area contributed by atoms with Crippen molar-refractivity contribution in [2.75, 3.05) is 40.5 Å². The fraction of sp³-hybridized carbons (Fsp3) is 0.500. The summed E-state index contributed by atoms with van der Waals surface area (Å²) in [4.78, 5) is 14.7. The van der Waals surface area contributed by atoms with Crippen LogP contribution in [0.4, 0.5) is 0 Å². The summed E-state index contributed by atoms with van der Waals surface area (Å²) < 4.78 is 10.8. The highest BCUT2D eigenvalue weighted by molar-refractivity contribution is 5.94. The average molecular weight is 424 g/mol. The maximum Gasteiger partial charge on any atom is 0.315 e. The molecule has 0 amide bonds.